The van der Waals surface area contributed by atoms with Crippen LogP contribution in [0.2, 0.25) is 10.0 Å². The van der Waals surface area contributed by atoms with Crippen molar-refractivity contribution in [3.05, 3.63) is 80.0 Å². The Morgan fingerprint density at radius 3 is 2.46 bits per heavy atom. The Balaban J connectivity index is 1.89. The van der Waals surface area contributed by atoms with Crippen LogP contribution in [0, 0.1) is 10.1 Å². The Morgan fingerprint density at radius 2 is 1.79 bits per heavy atom. The zero-order chi connectivity index (χ0) is 20.4. The number of para-hydroxylation sites is 1. The number of nitrogens with one attached hydrogen (secondary N) is 1. The Kier molecular flexibility index (Phi) is 5.34. The molecule has 10 heteroatoms. The van der Waals surface area contributed by atoms with Gasteiger partial charge in [0.25, 0.3) is 11.6 Å². The lowest BCUT2D eigenvalue weighted by atomic mass is 10.1. The molecule has 0 atom stereocenters. The lowest BCUT2D eigenvalue weighted by Crippen LogP contribution is -2.12. The third-order valence-electron chi connectivity index (χ3n) is 3.73. The highest BCUT2D eigenvalue weighted by Crippen LogP contribution is 2.32. The van der Waals surface area contributed by atoms with Crippen molar-refractivity contribution in [1.82, 2.24) is 0 Å². The van der Waals surface area contributed by atoms with Crippen LogP contribution in [0.5, 0.6) is 0 Å². The number of hydrogen-bond donors (Lipinski definition) is 2. The molecule has 1 amide bonds. The summed E-state index contributed by atoms with van der Waals surface area (Å²) >= 11 is 11.8. The number of amides is 1. The van der Waals surface area contributed by atoms with Crippen LogP contribution in [0.3, 0.4) is 0 Å². The zero-order valence-corrected chi connectivity index (χ0v) is 15.3. The maximum atomic E-state index is 12.4. The number of carbonyl (C=O) groups is 2. The molecular formula is C18H10Cl2N2O6. The van der Waals surface area contributed by atoms with Gasteiger partial charge in [0.05, 0.1) is 31.8 Å². The summed E-state index contributed by atoms with van der Waals surface area (Å²) in [5.41, 5.74) is -0.168. The number of nitrogens with zero attached hydrogens (tertiary/aromatic N) is 1. The van der Waals surface area contributed by atoms with Crippen LogP contribution in [0.4, 0.5) is 11.4 Å². The zero-order valence-electron chi connectivity index (χ0n) is 13.8. The summed E-state index contributed by atoms with van der Waals surface area (Å²) < 4.78 is 5.43. The molecule has 8 nitrogen and oxygen atoms in total. The monoisotopic (exact) mass is 420 g/mol. The summed E-state index contributed by atoms with van der Waals surface area (Å²) in [7, 11) is 0. The largest absolute Gasteiger partial charge is 0.478 e. The Hall–Kier alpha value is -3.36. The molecule has 0 unspecified atom stereocenters. The van der Waals surface area contributed by atoms with Crippen LogP contribution in [-0.4, -0.2) is 21.9 Å². The van der Waals surface area contributed by atoms with Gasteiger partial charge in [-0.05, 0) is 30.3 Å². The second kappa shape index (κ2) is 7.71. The number of carbonyl (C=O) groups excluding carboxylic acids is 1. The quantitative estimate of drug-likeness (QED) is 0.436. The first kappa shape index (κ1) is 19.4. The second-order valence-electron chi connectivity index (χ2n) is 5.51. The summed E-state index contributed by atoms with van der Waals surface area (Å²) in [6.07, 6.45) is 0. The molecule has 0 aliphatic carbocycles. The van der Waals surface area contributed by atoms with E-state index in [9.17, 15) is 19.7 Å². The van der Waals surface area contributed by atoms with E-state index in [0.717, 1.165) is 6.07 Å². The highest BCUT2D eigenvalue weighted by molar-refractivity contribution is 6.38. The second-order valence-corrected chi connectivity index (χ2v) is 6.32. The van der Waals surface area contributed by atoms with E-state index in [4.69, 9.17) is 32.7 Å². The van der Waals surface area contributed by atoms with E-state index in [0.29, 0.717) is 0 Å². The van der Waals surface area contributed by atoms with Crippen molar-refractivity contribution in [3.63, 3.8) is 0 Å². The number of rotatable bonds is 5. The van der Waals surface area contributed by atoms with E-state index in [1.54, 1.807) is 6.07 Å². The molecule has 0 fully saturated rings. The average molecular weight is 421 g/mol. The summed E-state index contributed by atoms with van der Waals surface area (Å²) in [6.45, 7) is 0. The molecule has 0 aliphatic rings. The summed E-state index contributed by atoms with van der Waals surface area (Å²) in [5.74, 6) is -2.01. The number of hydrogen-bond acceptors (Lipinski definition) is 5. The van der Waals surface area contributed by atoms with Crippen molar-refractivity contribution in [2.45, 2.75) is 0 Å². The molecule has 1 aromatic heterocycles. The minimum Gasteiger partial charge on any atom is -0.478 e. The molecule has 0 saturated heterocycles. The summed E-state index contributed by atoms with van der Waals surface area (Å²) in [6, 6.07) is 11.0. The molecule has 0 bridgehead atoms. The molecule has 142 valence electrons. The van der Waals surface area contributed by atoms with Gasteiger partial charge in [-0.3, -0.25) is 14.9 Å². The predicted octanol–water partition coefficient (Wildman–Crippen LogP) is 5.11. The van der Waals surface area contributed by atoms with Gasteiger partial charge in [0, 0.05) is 6.07 Å². The molecule has 1 heterocycles. The fourth-order valence-corrected chi connectivity index (χ4v) is 2.95. The summed E-state index contributed by atoms with van der Waals surface area (Å²) in [5, 5.41) is 22.6. The van der Waals surface area contributed by atoms with Gasteiger partial charge in [-0.2, -0.15) is 0 Å². The van der Waals surface area contributed by atoms with Gasteiger partial charge in [0.2, 0.25) is 0 Å². The molecule has 2 N–H and O–H groups in total. The van der Waals surface area contributed by atoms with E-state index in [1.165, 1.54) is 36.4 Å². The van der Waals surface area contributed by atoms with Gasteiger partial charge in [-0.15, -0.1) is 0 Å². The van der Waals surface area contributed by atoms with Crippen molar-refractivity contribution in [1.29, 1.82) is 0 Å². The van der Waals surface area contributed by atoms with Crippen molar-refractivity contribution in [3.8, 4) is 11.3 Å². The van der Waals surface area contributed by atoms with Gasteiger partial charge < -0.3 is 14.8 Å². The lowest BCUT2D eigenvalue weighted by molar-refractivity contribution is -0.384. The molecular weight excluding hydrogens is 411 g/mol. The van der Waals surface area contributed by atoms with Crippen molar-refractivity contribution in [2.24, 2.45) is 0 Å². The van der Waals surface area contributed by atoms with Crippen LogP contribution < -0.4 is 5.32 Å². The van der Waals surface area contributed by atoms with Gasteiger partial charge in [0.15, 0.2) is 5.76 Å². The smallest absolute Gasteiger partial charge is 0.337 e. The normalized spacial score (nSPS) is 10.5. The molecule has 3 rings (SSSR count). The molecule has 0 aliphatic heterocycles. The number of anilines is 1. The SMILES string of the molecule is O=C(Nc1cc(C(=O)O)c(Cl)cc1Cl)c1ccc(-c2ccccc2[N+](=O)[O-])o1. The fraction of sp³-hybridized carbons (Fsp3) is 0. The Labute approximate surface area is 167 Å². The standard InChI is InChI=1S/C18H10Cl2N2O6/c19-11-8-12(20)13(7-10(11)18(24)25)21-17(23)16-6-5-15(28-16)9-3-1-2-4-14(9)22(26)27/h1-8H,(H,21,23)(H,24,25). The van der Waals surface area contributed by atoms with Crippen molar-refractivity contribution >= 4 is 46.5 Å². The molecule has 0 spiro atoms. The van der Waals surface area contributed by atoms with Crippen molar-refractivity contribution in [2.75, 3.05) is 5.32 Å². The predicted molar refractivity (Wildman–Crippen MR) is 102 cm³/mol. The fourth-order valence-electron chi connectivity index (χ4n) is 2.44. The van der Waals surface area contributed by atoms with Gasteiger partial charge in [-0.1, -0.05) is 35.3 Å². The molecule has 0 radical (unpaired) electrons. The third-order valence-corrected chi connectivity index (χ3v) is 4.36. The highest BCUT2D eigenvalue weighted by atomic mass is 35.5. The minimum atomic E-state index is -1.28. The third kappa shape index (κ3) is 3.83. The maximum absolute atomic E-state index is 12.4. The number of halogens is 2. The first-order valence-corrected chi connectivity index (χ1v) is 8.41. The number of furan rings is 1. The van der Waals surface area contributed by atoms with E-state index in [1.807, 2.05) is 0 Å². The van der Waals surface area contributed by atoms with Crippen molar-refractivity contribution < 1.29 is 24.0 Å². The Bertz CT molecular complexity index is 1110. The van der Waals surface area contributed by atoms with Crippen LogP contribution in [0.1, 0.15) is 20.9 Å². The first-order valence-electron chi connectivity index (χ1n) is 7.65. The number of benzene rings is 2. The Morgan fingerprint density at radius 1 is 1.07 bits per heavy atom. The van der Waals surface area contributed by atoms with Crippen LogP contribution >= 0.6 is 23.2 Å². The highest BCUT2D eigenvalue weighted by Gasteiger charge is 2.20. The molecule has 28 heavy (non-hydrogen) atoms. The van der Waals surface area contributed by atoms with Gasteiger partial charge in [-0.25, -0.2) is 4.79 Å². The number of nitro groups is 1. The minimum absolute atomic E-state index is 0.0251. The average Bonchev–Trinajstić information content (AvgIpc) is 3.13. The first-order chi connectivity index (χ1) is 13.3. The molecule has 2 aromatic carbocycles. The van der Waals surface area contributed by atoms with Crippen LogP contribution in [0.25, 0.3) is 11.3 Å². The maximum Gasteiger partial charge on any atom is 0.337 e. The number of carboxylic acid groups (broad SMARTS) is 1. The molecule has 3 aromatic rings. The van der Waals surface area contributed by atoms with E-state index in [2.05, 4.69) is 5.32 Å². The number of aromatic carboxylic acids is 1. The topological polar surface area (TPSA) is 123 Å². The van der Waals surface area contributed by atoms with Crippen LogP contribution in [0.15, 0.2) is 52.9 Å². The van der Waals surface area contributed by atoms with Gasteiger partial charge in [0.1, 0.15) is 5.76 Å². The van der Waals surface area contributed by atoms with E-state index >= 15 is 0 Å². The lowest BCUT2D eigenvalue weighted by Gasteiger charge is -2.08. The number of nitro benzene ring substituents is 1. The van der Waals surface area contributed by atoms with Crippen LogP contribution in [-0.2, 0) is 0 Å². The summed E-state index contributed by atoms with van der Waals surface area (Å²) in [4.78, 5) is 34.2. The molecule has 0 saturated carbocycles. The van der Waals surface area contributed by atoms with E-state index in [-0.39, 0.29) is 44.1 Å². The van der Waals surface area contributed by atoms with Gasteiger partial charge >= 0.3 is 5.97 Å². The number of carboxylic acids is 1. The van der Waals surface area contributed by atoms with E-state index < -0.39 is 16.8 Å².